The Kier molecular flexibility index (Phi) is 1.94. The fourth-order valence-electron chi connectivity index (χ4n) is 0.972. The van der Waals surface area contributed by atoms with Crippen molar-refractivity contribution in [2.24, 2.45) is 0 Å². The Morgan fingerprint density at radius 1 is 1.29 bits per heavy atom. The molecule has 0 fully saturated rings. The summed E-state index contributed by atoms with van der Waals surface area (Å²) in [5.41, 5.74) is 0. The van der Waals surface area contributed by atoms with E-state index in [1.807, 2.05) is 0 Å². The van der Waals surface area contributed by atoms with Gasteiger partial charge >= 0.3 is 5.88 Å². The van der Waals surface area contributed by atoms with Crippen LogP contribution in [0.3, 0.4) is 0 Å². The molecular weight excluding hydrogens is 186 g/mol. The number of rotatable bonds is 2. The first-order valence-corrected chi connectivity index (χ1v) is 3.79. The predicted octanol–water partition coefficient (Wildman–Crippen LogP) is 1.64. The molecule has 14 heavy (non-hydrogen) atoms. The lowest BCUT2D eigenvalue weighted by Gasteiger charge is -1.90. The van der Waals surface area contributed by atoms with Crippen molar-refractivity contribution in [3.63, 3.8) is 0 Å². The van der Waals surface area contributed by atoms with Crippen LogP contribution in [0.25, 0.3) is 11.6 Å². The maximum absolute atomic E-state index is 10.3. The van der Waals surface area contributed by atoms with Gasteiger partial charge in [-0.05, 0) is 12.1 Å². The zero-order chi connectivity index (χ0) is 9.97. The predicted molar refractivity (Wildman–Crippen MR) is 46.4 cm³/mol. The number of nitro groups is 1. The van der Waals surface area contributed by atoms with Crippen molar-refractivity contribution in [1.29, 1.82) is 0 Å². The summed E-state index contributed by atoms with van der Waals surface area (Å²) in [6.07, 6.45) is 3.08. The van der Waals surface area contributed by atoms with E-state index in [1.165, 1.54) is 24.5 Å². The molecule has 0 spiro atoms. The summed E-state index contributed by atoms with van der Waals surface area (Å²) in [5, 5.41) is 10.3. The van der Waals surface area contributed by atoms with Crippen molar-refractivity contribution < 1.29 is 9.34 Å². The lowest BCUT2D eigenvalue weighted by Crippen LogP contribution is -1.85. The molecule has 6 heteroatoms. The maximum Gasteiger partial charge on any atom is 0.433 e. The molecule has 0 atom stereocenters. The van der Waals surface area contributed by atoms with E-state index in [9.17, 15) is 10.1 Å². The second-order valence-electron chi connectivity index (χ2n) is 2.47. The van der Waals surface area contributed by atoms with Gasteiger partial charge in [-0.3, -0.25) is 10.1 Å². The highest BCUT2D eigenvalue weighted by molar-refractivity contribution is 5.48. The molecule has 0 bridgehead atoms. The molecule has 0 aromatic carbocycles. The van der Waals surface area contributed by atoms with Gasteiger partial charge in [-0.15, -0.1) is 0 Å². The van der Waals surface area contributed by atoms with Gasteiger partial charge in [0, 0.05) is 12.4 Å². The monoisotopic (exact) mass is 191 g/mol. The van der Waals surface area contributed by atoms with Gasteiger partial charge < -0.3 is 4.42 Å². The Morgan fingerprint density at radius 2 is 2.00 bits per heavy atom. The highest BCUT2D eigenvalue weighted by Crippen LogP contribution is 2.22. The van der Waals surface area contributed by atoms with Crippen molar-refractivity contribution in [2.75, 3.05) is 0 Å². The topological polar surface area (TPSA) is 82.1 Å². The van der Waals surface area contributed by atoms with Crippen LogP contribution >= 0.6 is 0 Å². The van der Waals surface area contributed by atoms with Gasteiger partial charge in [0.2, 0.25) is 0 Å². The zero-order valence-corrected chi connectivity index (χ0v) is 6.95. The zero-order valence-electron chi connectivity index (χ0n) is 6.95. The first kappa shape index (κ1) is 8.36. The van der Waals surface area contributed by atoms with Crippen LogP contribution < -0.4 is 0 Å². The summed E-state index contributed by atoms with van der Waals surface area (Å²) >= 11 is 0. The van der Waals surface area contributed by atoms with Gasteiger partial charge in [-0.1, -0.05) is 0 Å². The molecule has 0 amide bonds. The van der Waals surface area contributed by atoms with Gasteiger partial charge in [0.05, 0.1) is 6.07 Å². The molecule has 0 N–H and O–H groups in total. The fraction of sp³-hybridized carbons (Fsp3) is 0. The maximum atomic E-state index is 10.3. The number of furan rings is 1. The number of hydrogen-bond donors (Lipinski definition) is 0. The fourth-order valence-corrected chi connectivity index (χ4v) is 0.972. The van der Waals surface area contributed by atoms with Crippen molar-refractivity contribution in [2.45, 2.75) is 0 Å². The molecule has 2 heterocycles. The van der Waals surface area contributed by atoms with Gasteiger partial charge in [-0.25, -0.2) is 9.97 Å². The SMILES string of the molecule is O=[N+]([O-])c1ccc(-c2ncccn2)o1. The van der Waals surface area contributed by atoms with E-state index in [0.29, 0.717) is 5.82 Å². The van der Waals surface area contributed by atoms with E-state index in [4.69, 9.17) is 4.42 Å². The highest BCUT2D eigenvalue weighted by Gasteiger charge is 2.13. The first-order chi connectivity index (χ1) is 6.77. The van der Waals surface area contributed by atoms with E-state index >= 15 is 0 Å². The molecule has 0 radical (unpaired) electrons. The quantitative estimate of drug-likeness (QED) is 0.532. The molecule has 70 valence electrons. The molecule has 2 rings (SSSR count). The average Bonchev–Trinajstić information content (AvgIpc) is 2.68. The van der Waals surface area contributed by atoms with Crippen LogP contribution in [0, 0.1) is 10.1 Å². The molecule has 2 aromatic rings. The first-order valence-electron chi connectivity index (χ1n) is 3.79. The number of hydrogen-bond acceptors (Lipinski definition) is 5. The van der Waals surface area contributed by atoms with E-state index in [-0.39, 0.29) is 11.6 Å². The lowest BCUT2D eigenvalue weighted by molar-refractivity contribution is -0.401. The van der Waals surface area contributed by atoms with Crippen LogP contribution in [0.2, 0.25) is 0 Å². The van der Waals surface area contributed by atoms with E-state index in [2.05, 4.69) is 9.97 Å². The van der Waals surface area contributed by atoms with Crippen molar-refractivity contribution in [3.05, 3.63) is 40.7 Å². The average molecular weight is 191 g/mol. The summed E-state index contributed by atoms with van der Waals surface area (Å²) in [7, 11) is 0. The molecule has 2 aromatic heterocycles. The normalized spacial score (nSPS) is 10.0. The minimum atomic E-state index is -0.605. The third kappa shape index (κ3) is 1.45. The molecular formula is C8H5N3O3. The third-order valence-electron chi connectivity index (χ3n) is 1.56. The van der Waals surface area contributed by atoms with Crippen molar-refractivity contribution >= 4 is 5.88 Å². The van der Waals surface area contributed by atoms with Crippen LogP contribution in [0.5, 0.6) is 0 Å². The molecule has 0 saturated heterocycles. The minimum Gasteiger partial charge on any atom is -0.397 e. The summed E-state index contributed by atoms with van der Waals surface area (Å²) in [6, 6.07) is 4.39. The molecule has 0 unspecified atom stereocenters. The van der Waals surface area contributed by atoms with Crippen LogP contribution in [-0.2, 0) is 0 Å². The largest absolute Gasteiger partial charge is 0.433 e. The van der Waals surface area contributed by atoms with E-state index in [1.54, 1.807) is 6.07 Å². The number of nitrogens with zero attached hydrogens (tertiary/aromatic N) is 3. The van der Waals surface area contributed by atoms with E-state index < -0.39 is 4.92 Å². The molecule has 0 aliphatic carbocycles. The van der Waals surface area contributed by atoms with Gasteiger partial charge in [-0.2, -0.15) is 0 Å². The second kappa shape index (κ2) is 3.25. The number of aromatic nitrogens is 2. The highest BCUT2D eigenvalue weighted by atomic mass is 16.6. The summed E-state index contributed by atoms with van der Waals surface area (Å²) in [5.74, 6) is 0.311. The second-order valence-corrected chi connectivity index (χ2v) is 2.47. The molecule has 6 nitrogen and oxygen atoms in total. The van der Waals surface area contributed by atoms with Crippen LogP contribution in [-0.4, -0.2) is 14.9 Å². The lowest BCUT2D eigenvalue weighted by atomic mass is 10.4. The summed E-state index contributed by atoms with van der Waals surface area (Å²) in [6.45, 7) is 0. The smallest absolute Gasteiger partial charge is 0.397 e. The van der Waals surface area contributed by atoms with Gasteiger partial charge in [0.25, 0.3) is 0 Å². The van der Waals surface area contributed by atoms with Gasteiger partial charge in [0.15, 0.2) is 11.6 Å². The third-order valence-corrected chi connectivity index (χ3v) is 1.56. The Hall–Kier alpha value is -2.24. The van der Waals surface area contributed by atoms with E-state index in [0.717, 1.165) is 0 Å². The van der Waals surface area contributed by atoms with Crippen LogP contribution in [0.4, 0.5) is 5.88 Å². The molecule has 0 aliphatic rings. The van der Waals surface area contributed by atoms with Crippen LogP contribution in [0.1, 0.15) is 0 Å². The van der Waals surface area contributed by atoms with Crippen molar-refractivity contribution in [3.8, 4) is 11.6 Å². The Labute approximate surface area is 78.4 Å². The summed E-state index contributed by atoms with van der Waals surface area (Å²) < 4.78 is 4.91. The standard InChI is InChI=1S/C8H5N3O3/c12-11(13)7-3-2-6(14-7)8-9-4-1-5-10-8/h1-5H. The van der Waals surface area contributed by atoms with Gasteiger partial charge in [0.1, 0.15) is 4.92 Å². The minimum absolute atomic E-state index is 0.289. The Morgan fingerprint density at radius 3 is 2.57 bits per heavy atom. The Balaban J connectivity index is 2.39. The van der Waals surface area contributed by atoms with Crippen molar-refractivity contribution in [1.82, 2.24) is 9.97 Å². The molecule has 0 saturated carbocycles. The Bertz CT molecular complexity index is 452. The van der Waals surface area contributed by atoms with Crippen LogP contribution in [0.15, 0.2) is 35.0 Å². The summed E-state index contributed by atoms with van der Waals surface area (Å²) in [4.78, 5) is 17.5. The molecule has 0 aliphatic heterocycles.